The summed E-state index contributed by atoms with van der Waals surface area (Å²) in [5.41, 5.74) is 4.41. The second kappa shape index (κ2) is 9.59. The minimum Gasteiger partial charge on any atom is -0.331 e. The van der Waals surface area contributed by atoms with E-state index in [-0.39, 0.29) is 17.8 Å². The summed E-state index contributed by atoms with van der Waals surface area (Å²) in [4.78, 5) is 24.6. The Hall–Kier alpha value is -3.80. The first-order valence-electron chi connectivity index (χ1n) is 11.6. The van der Waals surface area contributed by atoms with Gasteiger partial charge in [0.2, 0.25) is 0 Å². The number of aryl methyl sites for hydroxylation is 1. The molecule has 5 rings (SSSR count). The van der Waals surface area contributed by atoms with Gasteiger partial charge in [-0.25, -0.2) is 9.37 Å². The van der Waals surface area contributed by atoms with Crippen LogP contribution < -0.4 is 0 Å². The van der Waals surface area contributed by atoms with E-state index in [0.717, 1.165) is 41.2 Å². The lowest BCUT2D eigenvalue weighted by Crippen LogP contribution is -2.31. The van der Waals surface area contributed by atoms with E-state index in [0.29, 0.717) is 25.1 Å². The molecule has 0 radical (unpaired) electrons. The number of hydrogen-bond donors (Lipinski definition) is 0. The molecule has 3 heterocycles. The molecule has 0 unspecified atom stereocenters. The lowest BCUT2D eigenvalue weighted by molar-refractivity contribution is 0.0732. The standard InChI is InChI=1S/C28H27FN4O/c1-20-30-13-15-32(20)19-22-7-2-8-23(16-22)28(34)33-14-5-12-27(33)26-11-4-10-25(31-26)18-21-6-3-9-24(29)17-21/h2-4,6-11,13,15-17,27H,5,12,14,18-19H2,1H3/t27-/m0/s1. The zero-order valence-electron chi connectivity index (χ0n) is 19.2. The summed E-state index contributed by atoms with van der Waals surface area (Å²) in [5.74, 6) is 0.733. The molecule has 1 aliphatic rings. The lowest BCUT2D eigenvalue weighted by Gasteiger charge is -2.25. The largest absolute Gasteiger partial charge is 0.331 e. The van der Waals surface area contributed by atoms with Crippen LogP contribution in [-0.2, 0) is 13.0 Å². The number of carbonyl (C=O) groups excluding carboxylic acids is 1. The molecule has 1 saturated heterocycles. The number of hydrogen-bond acceptors (Lipinski definition) is 3. The number of likely N-dealkylation sites (tertiary alicyclic amines) is 1. The predicted molar refractivity (Wildman–Crippen MR) is 129 cm³/mol. The van der Waals surface area contributed by atoms with E-state index in [1.807, 2.05) is 66.6 Å². The summed E-state index contributed by atoms with van der Waals surface area (Å²) < 4.78 is 15.6. The Balaban J connectivity index is 1.34. The molecule has 0 N–H and O–H groups in total. The number of pyridine rings is 1. The van der Waals surface area contributed by atoms with E-state index in [4.69, 9.17) is 4.98 Å². The summed E-state index contributed by atoms with van der Waals surface area (Å²) in [6.07, 6.45) is 6.12. The monoisotopic (exact) mass is 454 g/mol. The van der Waals surface area contributed by atoms with Gasteiger partial charge in [-0.05, 0) is 67.3 Å². The Morgan fingerprint density at radius 1 is 1.06 bits per heavy atom. The van der Waals surface area contributed by atoms with E-state index in [9.17, 15) is 9.18 Å². The smallest absolute Gasteiger partial charge is 0.254 e. The molecule has 0 aliphatic carbocycles. The van der Waals surface area contributed by atoms with Crippen LogP contribution in [-0.4, -0.2) is 31.9 Å². The maximum absolute atomic E-state index is 13.6. The molecule has 4 aromatic rings. The van der Waals surface area contributed by atoms with E-state index in [1.54, 1.807) is 12.3 Å². The van der Waals surface area contributed by atoms with Gasteiger partial charge in [0, 0.05) is 43.2 Å². The molecule has 6 heteroatoms. The summed E-state index contributed by atoms with van der Waals surface area (Å²) in [6, 6.07) is 20.3. The van der Waals surface area contributed by atoms with Crippen LogP contribution in [0.3, 0.4) is 0 Å². The van der Waals surface area contributed by atoms with Crippen molar-refractivity contribution in [3.8, 4) is 0 Å². The highest BCUT2D eigenvalue weighted by Crippen LogP contribution is 2.32. The van der Waals surface area contributed by atoms with Crippen molar-refractivity contribution in [1.29, 1.82) is 0 Å². The molecule has 1 fully saturated rings. The van der Waals surface area contributed by atoms with Crippen molar-refractivity contribution in [2.24, 2.45) is 0 Å². The fourth-order valence-corrected chi connectivity index (χ4v) is 4.69. The van der Waals surface area contributed by atoms with Crippen LogP contribution in [0.5, 0.6) is 0 Å². The van der Waals surface area contributed by atoms with E-state index >= 15 is 0 Å². The van der Waals surface area contributed by atoms with Crippen molar-refractivity contribution in [2.45, 2.75) is 38.8 Å². The first kappa shape index (κ1) is 22.0. The third kappa shape index (κ3) is 4.76. The number of halogens is 1. The Labute approximate surface area is 198 Å². The number of imidazole rings is 1. The van der Waals surface area contributed by atoms with Gasteiger partial charge in [0.25, 0.3) is 5.91 Å². The van der Waals surface area contributed by atoms with Gasteiger partial charge >= 0.3 is 0 Å². The minimum absolute atomic E-state index is 0.0315. The third-order valence-corrected chi connectivity index (χ3v) is 6.41. The van der Waals surface area contributed by atoms with Crippen LogP contribution in [0.2, 0.25) is 0 Å². The van der Waals surface area contributed by atoms with Gasteiger partial charge in [-0.1, -0.05) is 30.3 Å². The molecular weight excluding hydrogens is 427 g/mol. The average Bonchev–Trinajstić information content (AvgIpc) is 3.48. The zero-order chi connectivity index (χ0) is 23.5. The molecule has 0 bridgehead atoms. The number of nitrogens with zero attached hydrogens (tertiary/aromatic N) is 4. The second-order valence-corrected chi connectivity index (χ2v) is 8.82. The average molecular weight is 455 g/mol. The van der Waals surface area contributed by atoms with Gasteiger partial charge in [-0.3, -0.25) is 9.78 Å². The van der Waals surface area contributed by atoms with Crippen LogP contribution >= 0.6 is 0 Å². The number of carbonyl (C=O) groups is 1. The molecule has 5 nitrogen and oxygen atoms in total. The molecule has 2 aromatic carbocycles. The number of amides is 1. The van der Waals surface area contributed by atoms with Gasteiger partial charge in [0.05, 0.1) is 11.7 Å². The fourth-order valence-electron chi connectivity index (χ4n) is 4.69. The van der Waals surface area contributed by atoms with Gasteiger partial charge in [-0.2, -0.15) is 0 Å². The summed E-state index contributed by atoms with van der Waals surface area (Å²) >= 11 is 0. The van der Waals surface area contributed by atoms with Crippen molar-refractivity contribution in [3.63, 3.8) is 0 Å². The summed E-state index contributed by atoms with van der Waals surface area (Å²) in [5, 5.41) is 0. The van der Waals surface area contributed by atoms with Crippen molar-refractivity contribution < 1.29 is 9.18 Å². The maximum atomic E-state index is 13.6. The predicted octanol–water partition coefficient (Wildman–Crippen LogP) is 5.34. The molecule has 1 aliphatic heterocycles. The molecule has 1 atom stereocenters. The molecular formula is C28H27FN4O. The van der Waals surface area contributed by atoms with E-state index in [1.165, 1.54) is 12.1 Å². The second-order valence-electron chi connectivity index (χ2n) is 8.82. The number of benzene rings is 2. The molecule has 172 valence electrons. The molecule has 1 amide bonds. The van der Waals surface area contributed by atoms with Crippen LogP contribution in [0.4, 0.5) is 4.39 Å². The van der Waals surface area contributed by atoms with Crippen molar-refractivity contribution >= 4 is 5.91 Å². The normalized spacial score (nSPS) is 15.6. The fraction of sp³-hybridized carbons (Fsp3) is 0.250. The van der Waals surface area contributed by atoms with E-state index < -0.39 is 0 Å². The van der Waals surface area contributed by atoms with Crippen molar-refractivity contribution in [3.05, 3.63) is 119 Å². The van der Waals surface area contributed by atoms with Gasteiger partial charge in [0.1, 0.15) is 11.6 Å². The highest BCUT2D eigenvalue weighted by Gasteiger charge is 2.31. The van der Waals surface area contributed by atoms with Crippen LogP contribution in [0, 0.1) is 12.7 Å². The molecule has 0 saturated carbocycles. The Morgan fingerprint density at radius 2 is 1.88 bits per heavy atom. The Morgan fingerprint density at radius 3 is 2.71 bits per heavy atom. The number of aromatic nitrogens is 3. The third-order valence-electron chi connectivity index (χ3n) is 6.41. The quantitative estimate of drug-likeness (QED) is 0.395. The SMILES string of the molecule is Cc1nccn1Cc1cccc(C(=O)N2CCC[C@H]2c2cccc(Cc3cccc(F)c3)n2)c1. The molecule has 34 heavy (non-hydrogen) atoms. The first-order chi connectivity index (χ1) is 16.6. The highest BCUT2D eigenvalue weighted by atomic mass is 19.1. The zero-order valence-corrected chi connectivity index (χ0v) is 19.2. The first-order valence-corrected chi connectivity index (χ1v) is 11.6. The lowest BCUT2D eigenvalue weighted by atomic mass is 10.1. The molecule has 0 spiro atoms. The molecule has 2 aromatic heterocycles. The summed E-state index contributed by atoms with van der Waals surface area (Å²) in [6.45, 7) is 3.36. The van der Waals surface area contributed by atoms with Gasteiger partial charge in [0.15, 0.2) is 0 Å². The van der Waals surface area contributed by atoms with Gasteiger partial charge in [-0.15, -0.1) is 0 Å². The highest BCUT2D eigenvalue weighted by molar-refractivity contribution is 5.94. The summed E-state index contributed by atoms with van der Waals surface area (Å²) in [7, 11) is 0. The van der Waals surface area contributed by atoms with Crippen LogP contribution in [0.25, 0.3) is 0 Å². The topological polar surface area (TPSA) is 51.0 Å². The maximum Gasteiger partial charge on any atom is 0.254 e. The number of rotatable bonds is 6. The van der Waals surface area contributed by atoms with E-state index in [2.05, 4.69) is 9.55 Å². The van der Waals surface area contributed by atoms with Crippen molar-refractivity contribution in [1.82, 2.24) is 19.4 Å². The van der Waals surface area contributed by atoms with Crippen molar-refractivity contribution in [2.75, 3.05) is 6.54 Å². The van der Waals surface area contributed by atoms with Crippen LogP contribution in [0.1, 0.15) is 57.6 Å². The Bertz CT molecular complexity index is 1320. The minimum atomic E-state index is -0.244. The van der Waals surface area contributed by atoms with Gasteiger partial charge < -0.3 is 9.47 Å². The Kier molecular flexibility index (Phi) is 6.21. The van der Waals surface area contributed by atoms with Crippen LogP contribution in [0.15, 0.2) is 79.1 Å².